The Morgan fingerprint density at radius 2 is 1.77 bits per heavy atom. The standard InChI is InChI=1S/C25H21ClN2O2S/c1-2-16-8-11-19(12-9-16)27-22(29)15-31-24-23(17-6-4-3-5-7-17)20-14-18(26)10-13-21(20)28-25(24)30/h3-14H,2,15H2,1H3,(H,27,29)(H,28,30). The van der Waals surface area contributed by atoms with Crippen LogP contribution in [0.1, 0.15) is 12.5 Å². The van der Waals surface area contributed by atoms with Crippen LogP contribution in [0.3, 0.4) is 0 Å². The molecule has 0 fully saturated rings. The average Bonchev–Trinajstić information content (AvgIpc) is 2.79. The highest BCUT2D eigenvalue weighted by atomic mass is 35.5. The van der Waals surface area contributed by atoms with Crippen LogP contribution in [0.5, 0.6) is 0 Å². The van der Waals surface area contributed by atoms with Crippen LogP contribution in [-0.2, 0) is 11.2 Å². The first-order valence-corrected chi connectivity index (χ1v) is 11.3. The summed E-state index contributed by atoms with van der Waals surface area (Å²) in [5.74, 6) is -0.0521. The number of hydrogen-bond donors (Lipinski definition) is 2. The maximum Gasteiger partial charge on any atom is 0.262 e. The molecule has 0 saturated carbocycles. The molecule has 2 N–H and O–H groups in total. The van der Waals surface area contributed by atoms with Gasteiger partial charge < -0.3 is 10.3 Å². The SMILES string of the molecule is CCc1ccc(NC(=O)CSc2c(-c3ccccc3)c3cc(Cl)ccc3[nH]c2=O)cc1. The lowest BCUT2D eigenvalue weighted by atomic mass is 10.0. The first-order chi connectivity index (χ1) is 15.0. The molecule has 0 unspecified atom stereocenters. The van der Waals surface area contributed by atoms with Crippen molar-refractivity contribution in [3.05, 3.63) is 93.7 Å². The number of nitrogens with one attached hydrogen (secondary N) is 2. The minimum atomic E-state index is -0.223. The van der Waals surface area contributed by atoms with E-state index in [0.29, 0.717) is 15.4 Å². The topological polar surface area (TPSA) is 62.0 Å². The quantitative estimate of drug-likeness (QED) is 0.348. The minimum absolute atomic E-state index is 0.116. The number of carbonyl (C=O) groups is 1. The van der Waals surface area contributed by atoms with E-state index in [1.807, 2.05) is 60.7 Å². The van der Waals surface area contributed by atoms with Crippen molar-refractivity contribution < 1.29 is 4.79 Å². The number of aromatic nitrogens is 1. The van der Waals surface area contributed by atoms with Gasteiger partial charge in [0.1, 0.15) is 0 Å². The van der Waals surface area contributed by atoms with Gasteiger partial charge in [0.15, 0.2) is 0 Å². The van der Waals surface area contributed by atoms with Gasteiger partial charge in [0, 0.05) is 27.2 Å². The van der Waals surface area contributed by atoms with E-state index in [1.54, 1.807) is 12.1 Å². The largest absolute Gasteiger partial charge is 0.325 e. The van der Waals surface area contributed by atoms with Crippen LogP contribution in [0.2, 0.25) is 5.02 Å². The Hall–Kier alpha value is -3.02. The number of fused-ring (bicyclic) bond motifs is 1. The van der Waals surface area contributed by atoms with Crippen LogP contribution < -0.4 is 10.9 Å². The Bertz CT molecular complexity index is 1280. The number of benzene rings is 3. The number of amides is 1. The maximum atomic E-state index is 12.9. The molecule has 0 aliphatic rings. The van der Waals surface area contributed by atoms with E-state index >= 15 is 0 Å². The molecule has 31 heavy (non-hydrogen) atoms. The monoisotopic (exact) mass is 448 g/mol. The highest BCUT2D eigenvalue weighted by Gasteiger charge is 2.17. The van der Waals surface area contributed by atoms with Gasteiger partial charge in [-0.2, -0.15) is 0 Å². The van der Waals surface area contributed by atoms with Gasteiger partial charge in [-0.15, -0.1) is 11.8 Å². The second-order valence-corrected chi connectivity index (χ2v) is 8.52. The van der Waals surface area contributed by atoms with Gasteiger partial charge in [-0.25, -0.2) is 0 Å². The molecule has 0 aliphatic heterocycles. The van der Waals surface area contributed by atoms with Gasteiger partial charge in [0.2, 0.25) is 5.91 Å². The van der Waals surface area contributed by atoms with E-state index in [-0.39, 0.29) is 17.2 Å². The molecule has 6 heteroatoms. The molecule has 4 aromatic rings. The summed E-state index contributed by atoms with van der Waals surface area (Å²) in [5.41, 5.74) is 4.12. The van der Waals surface area contributed by atoms with Crippen molar-refractivity contribution in [1.82, 2.24) is 4.98 Å². The van der Waals surface area contributed by atoms with Gasteiger partial charge in [-0.05, 0) is 47.9 Å². The number of aryl methyl sites for hydroxylation is 1. The molecule has 1 amide bonds. The number of carbonyl (C=O) groups excluding carboxylic acids is 1. The van der Waals surface area contributed by atoms with Crippen molar-refractivity contribution in [2.75, 3.05) is 11.1 Å². The lowest BCUT2D eigenvalue weighted by Gasteiger charge is -2.13. The highest BCUT2D eigenvalue weighted by molar-refractivity contribution is 8.00. The highest BCUT2D eigenvalue weighted by Crippen LogP contribution is 2.35. The zero-order chi connectivity index (χ0) is 21.8. The third-order valence-electron chi connectivity index (χ3n) is 4.99. The second kappa shape index (κ2) is 9.41. The van der Waals surface area contributed by atoms with Crippen molar-refractivity contribution in [2.24, 2.45) is 0 Å². The minimum Gasteiger partial charge on any atom is -0.325 e. The third-order valence-corrected chi connectivity index (χ3v) is 6.31. The van der Waals surface area contributed by atoms with E-state index in [4.69, 9.17) is 11.6 Å². The van der Waals surface area contributed by atoms with E-state index in [0.717, 1.165) is 28.6 Å². The second-order valence-electron chi connectivity index (χ2n) is 7.10. The third kappa shape index (κ3) is 4.84. The summed E-state index contributed by atoms with van der Waals surface area (Å²) in [6, 6.07) is 22.8. The van der Waals surface area contributed by atoms with Crippen LogP contribution in [0.4, 0.5) is 5.69 Å². The number of hydrogen-bond acceptors (Lipinski definition) is 3. The molecule has 0 spiro atoms. The van der Waals surface area contributed by atoms with Crippen LogP contribution in [0.15, 0.2) is 82.5 Å². The van der Waals surface area contributed by atoms with Gasteiger partial charge >= 0.3 is 0 Å². The fourth-order valence-electron chi connectivity index (χ4n) is 3.43. The summed E-state index contributed by atoms with van der Waals surface area (Å²) >= 11 is 7.47. The molecule has 0 aliphatic carbocycles. The first-order valence-electron chi connectivity index (χ1n) is 9.97. The molecule has 0 saturated heterocycles. The number of aromatic amines is 1. The van der Waals surface area contributed by atoms with E-state index in [2.05, 4.69) is 17.2 Å². The zero-order valence-electron chi connectivity index (χ0n) is 16.9. The van der Waals surface area contributed by atoms with Gasteiger partial charge in [0.05, 0.1) is 10.6 Å². The number of anilines is 1. The Morgan fingerprint density at radius 3 is 2.48 bits per heavy atom. The van der Waals surface area contributed by atoms with Crippen molar-refractivity contribution in [3.63, 3.8) is 0 Å². The normalized spacial score (nSPS) is 10.9. The molecule has 1 heterocycles. The molecule has 1 aromatic heterocycles. The van der Waals surface area contributed by atoms with Crippen LogP contribution in [-0.4, -0.2) is 16.6 Å². The lowest BCUT2D eigenvalue weighted by molar-refractivity contribution is -0.113. The van der Waals surface area contributed by atoms with Crippen molar-refractivity contribution in [2.45, 2.75) is 18.2 Å². The number of thioether (sulfide) groups is 1. The molecule has 3 aromatic carbocycles. The molecule has 0 radical (unpaired) electrons. The molecular formula is C25H21ClN2O2S. The smallest absolute Gasteiger partial charge is 0.262 e. The number of pyridine rings is 1. The molecule has 4 nitrogen and oxygen atoms in total. The summed E-state index contributed by atoms with van der Waals surface area (Å²) in [5, 5.41) is 4.32. The van der Waals surface area contributed by atoms with Crippen LogP contribution in [0, 0.1) is 0 Å². The molecular weight excluding hydrogens is 428 g/mol. The summed E-state index contributed by atoms with van der Waals surface area (Å²) < 4.78 is 0. The number of H-pyrrole nitrogens is 1. The Kier molecular flexibility index (Phi) is 6.44. The summed E-state index contributed by atoms with van der Waals surface area (Å²) in [6.07, 6.45) is 0.946. The summed E-state index contributed by atoms with van der Waals surface area (Å²) in [4.78, 5) is 28.9. The lowest BCUT2D eigenvalue weighted by Crippen LogP contribution is -2.17. The van der Waals surface area contributed by atoms with Crippen molar-refractivity contribution >= 4 is 45.9 Å². The summed E-state index contributed by atoms with van der Waals surface area (Å²) in [7, 11) is 0. The predicted octanol–water partition coefficient (Wildman–Crippen LogP) is 6.14. The van der Waals surface area contributed by atoms with Crippen molar-refractivity contribution in [3.8, 4) is 11.1 Å². The molecule has 156 valence electrons. The van der Waals surface area contributed by atoms with Crippen LogP contribution in [0.25, 0.3) is 22.0 Å². The van der Waals surface area contributed by atoms with Crippen LogP contribution >= 0.6 is 23.4 Å². The van der Waals surface area contributed by atoms with E-state index in [9.17, 15) is 9.59 Å². The Morgan fingerprint density at radius 1 is 1.03 bits per heavy atom. The van der Waals surface area contributed by atoms with Crippen molar-refractivity contribution in [1.29, 1.82) is 0 Å². The fraction of sp³-hybridized carbons (Fsp3) is 0.120. The number of rotatable bonds is 6. The first kappa shape index (κ1) is 21.2. The zero-order valence-corrected chi connectivity index (χ0v) is 18.5. The van der Waals surface area contributed by atoms with Gasteiger partial charge in [-0.1, -0.05) is 61.0 Å². The Balaban J connectivity index is 1.66. The molecule has 0 bridgehead atoms. The van der Waals surface area contributed by atoms with E-state index < -0.39 is 0 Å². The maximum absolute atomic E-state index is 12.9. The Labute approximate surface area is 189 Å². The average molecular weight is 449 g/mol. The fourth-order valence-corrected chi connectivity index (χ4v) is 4.51. The summed E-state index contributed by atoms with van der Waals surface area (Å²) in [6.45, 7) is 2.09. The van der Waals surface area contributed by atoms with E-state index in [1.165, 1.54) is 17.3 Å². The molecule has 0 atom stereocenters. The van der Waals surface area contributed by atoms with Gasteiger partial charge in [0.25, 0.3) is 5.56 Å². The number of halogens is 1. The predicted molar refractivity (Wildman–Crippen MR) is 130 cm³/mol. The molecule has 4 rings (SSSR count). The van der Waals surface area contributed by atoms with Gasteiger partial charge in [-0.3, -0.25) is 9.59 Å².